The van der Waals surface area contributed by atoms with Gasteiger partial charge in [0.05, 0.1) is 18.0 Å². The second-order valence-corrected chi connectivity index (χ2v) is 6.82. The lowest BCUT2D eigenvalue weighted by atomic mass is 10.3. The van der Waals surface area contributed by atoms with Crippen molar-refractivity contribution in [3.8, 4) is 0 Å². The minimum atomic E-state index is -3.15. The van der Waals surface area contributed by atoms with E-state index in [2.05, 4.69) is 0 Å². The molecule has 0 amide bonds. The van der Waals surface area contributed by atoms with Crippen LogP contribution in [-0.2, 0) is 14.8 Å². The maximum Gasteiger partial charge on any atom is 0.219 e. The Balaban J connectivity index is 2.80. The minimum absolute atomic E-state index is 0.486. The Morgan fingerprint density at radius 1 is 1.15 bits per heavy atom. The summed E-state index contributed by atoms with van der Waals surface area (Å²) in [5.74, 6) is 0. The van der Waals surface area contributed by atoms with Gasteiger partial charge in [-0.05, 0) is 20.8 Å². The van der Waals surface area contributed by atoms with Crippen molar-refractivity contribution in [3.05, 3.63) is 0 Å². The van der Waals surface area contributed by atoms with E-state index in [1.807, 2.05) is 0 Å². The Bertz CT molecular complexity index is 260. The van der Waals surface area contributed by atoms with Crippen LogP contribution in [0.2, 0.25) is 0 Å². The molecular weight excluding hydrogens is 194 g/mol. The van der Waals surface area contributed by atoms with Crippen molar-refractivity contribution in [2.75, 3.05) is 26.3 Å². The molecule has 0 aromatic heterocycles. The first-order valence-corrected chi connectivity index (χ1v) is 5.87. The van der Waals surface area contributed by atoms with Crippen molar-refractivity contribution in [2.24, 2.45) is 0 Å². The van der Waals surface area contributed by atoms with Crippen LogP contribution in [0.3, 0.4) is 0 Å². The van der Waals surface area contributed by atoms with Gasteiger partial charge in [-0.1, -0.05) is 0 Å². The van der Waals surface area contributed by atoms with Gasteiger partial charge in [-0.2, -0.15) is 4.31 Å². The lowest BCUT2D eigenvalue weighted by Gasteiger charge is -2.32. The van der Waals surface area contributed by atoms with Crippen molar-refractivity contribution < 1.29 is 13.2 Å². The summed E-state index contributed by atoms with van der Waals surface area (Å²) in [6.07, 6.45) is 0. The summed E-state index contributed by atoms with van der Waals surface area (Å²) < 4.78 is 29.7. The van der Waals surface area contributed by atoms with Crippen LogP contribution in [-0.4, -0.2) is 43.8 Å². The molecule has 13 heavy (non-hydrogen) atoms. The molecule has 0 aliphatic carbocycles. The Hall–Kier alpha value is -0.130. The van der Waals surface area contributed by atoms with Gasteiger partial charge in [0.2, 0.25) is 10.0 Å². The summed E-state index contributed by atoms with van der Waals surface area (Å²) in [5.41, 5.74) is 0. The smallest absolute Gasteiger partial charge is 0.219 e. The van der Waals surface area contributed by atoms with Gasteiger partial charge in [0.15, 0.2) is 0 Å². The van der Waals surface area contributed by atoms with Crippen molar-refractivity contribution >= 4 is 10.0 Å². The second-order valence-electron chi connectivity index (χ2n) is 4.13. The summed E-state index contributed by atoms with van der Waals surface area (Å²) in [6, 6.07) is 0. The van der Waals surface area contributed by atoms with Crippen LogP contribution in [0.4, 0.5) is 0 Å². The lowest BCUT2D eigenvalue weighted by Crippen LogP contribution is -2.48. The molecule has 0 aromatic carbocycles. The number of rotatable bonds is 1. The molecule has 0 radical (unpaired) electrons. The fourth-order valence-electron chi connectivity index (χ4n) is 1.17. The molecule has 0 atom stereocenters. The van der Waals surface area contributed by atoms with E-state index in [0.29, 0.717) is 26.3 Å². The zero-order valence-corrected chi connectivity index (χ0v) is 9.23. The van der Waals surface area contributed by atoms with E-state index in [0.717, 1.165) is 0 Å². The van der Waals surface area contributed by atoms with Gasteiger partial charge in [-0.15, -0.1) is 0 Å². The number of hydrogen-bond acceptors (Lipinski definition) is 3. The summed E-state index contributed by atoms with van der Waals surface area (Å²) in [4.78, 5) is 0. The third-order valence-corrected chi connectivity index (χ3v) is 4.68. The predicted octanol–water partition coefficient (Wildman–Crippen LogP) is 0.447. The van der Waals surface area contributed by atoms with Gasteiger partial charge < -0.3 is 4.74 Å². The molecule has 0 saturated carbocycles. The van der Waals surface area contributed by atoms with E-state index >= 15 is 0 Å². The van der Waals surface area contributed by atoms with Crippen molar-refractivity contribution in [1.82, 2.24) is 4.31 Å². The van der Waals surface area contributed by atoms with E-state index in [1.165, 1.54) is 4.31 Å². The number of hydrogen-bond donors (Lipinski definition) is 0. The number of morpholine rings is 1. The molecule has 1 saturated heterocycles. The first-order chi connectivity index (χ1) is 5.86. The van der Waals surface area contributed by atoms with Crippen LogP contribution in [0.25, 0.3) is 0 Å². The molecule has 0 N–H and O–H groups in total. The topological polar surface area (TPSA) is 46.6 Å². The molecule has 0 bridgehead atoms. The van der Waals surface area contributed by atoms with Crippen molar-refractivity contribution in [3.63, 3.8) is 0 Å². The SMILES string of the molecule is CC(C)(C)S(=[18O])(=[18O])N1CCOCC1. The molecule has 5 heteroatoms. The molecule has 1 heterocycles. The zero-order valence-electron chi connectivity index (χ0n) is 8.41. The molecule has 0 unspecified atom stereocenters. The maximum absolute atomic E-state index is 11.9. The normalized spacial score (nSPS) is 21.8. The van der Waals surface area contributed by atoms with Gasteiger partial charge >= 0.3 is 0 Å². The largest absolute Gasteiger partial charge is 0.379 e. The predicted molar refractivity (Wildman–Crippen MR) is 51.1 cm³/mol. The third-order valence-electron chi connectivity index (χ3n) is 2.08. The van der Waals surface area contributed by atoms with Crippen LogP contribution >= 0.6 is 0 Å². The highest BCUT2D eigenvalue weighted by Crippen LogP contribution is 2.20. The number of nitrogens with zero attached hydrogens (tertiary/aromatic N) is 1. The Morgan fingerprint density at radius 3 is 2.00 bits per heavy atom. The highest BCUT2D eigenvalue weighted by molar-refractivity contribution is 7.90. The number of ether oxygens (including phenoxy) is 1. The minimum Gasteiger partial charge on any atom is -0.379 e. The molecular formula is C8H17NO3S. The average molecular weight is 211 g/mol. The quantitative estimate of drug-likeness (QED) is 0.591. The molecule has 1 rings (SSSR count). The highest BCUT2D eigenvalue weighted by Gasteiger charge is 2.35. The highest BCUT2D eigenvalue weighted by atomic mass is 32.2. The molecule has 1 aliphatic rings. The summed E-state index contributed by atoms with van der Waals surface area (Å²) >= 11 is 0. The van der Waals surface area contributed by atoms with E-state index < -0.39 is 14.8 Å². The zero-order chi connectivity index (χ0) is 10.1. The van der Waals surface area contributed by atoms with Gasteiger partial charge in [-0.25, -0.2) is 8.42 Å². The van der Waals surface area contributed by atoms with Crippen LogP contribution in [0.1, 0.15) is 20.8 Å². The standard InChI is InChI=1S/C8H17NO3S/c1-8(2,3)13(10,11)9-4-6-12-7-5-9/h4-7H2,1-3H3/i10+2,11+2. The third kappa shape index (κ3) is 2.21. The first-order valence-electron chi connectivity index (χ1n) is 4.43. The second kappa shape index (κ2) is 3.55. The first kappa shape index (κ1) is 10.9. The Labute approximate surface area is 79.9 Å². The van der Waals surface area contributed by atoms with Crippen LogP contribution < -0.4 is 0 Å². The van der Waals surface area contributed by atoms with Gasteiger partial charge in [0.25, 0.3) is 0 Å². The fourth-order valence-corrected chi connectivity index (χ4v) is 2.58. The molecule has 4 nitrogen and oxygen atoms in total. The summed E-state index contributed by atoms with van der Waals surface area (Å²) in [6.45, 7) is 7.15. The number of sulfonamides is 1. The van der Waals surface area contributed by atoms with E-state index in [4.69, 9.17) is 4.74 Å². The Kier molecular flexibility index (Phi) is 2.99. The average Bonchev–Trinajstić information content (AvgIpc) is 2.04. The van der Waals surface area contributed by atoms with Crippen molar-refractivity contribution in [2.45, 2.75) is 25.5 Å². The molecule has 78 valence electrons. The van der Waals surface area contributed by atoms with Crippen molar-refractivity contribution in [1.29, 1.82) is 0 Å². The monoisotopic (exact) mass is 211 g/mol. The molecule has 1 aliphatic heterocycles. The summed E-state index contributed by atoms with van der Waals surface area (Å²) in [7, 11) is -3.15. The fraction of sp³-hybridized carbons (Fsp3) is 1.00. The van der Waals surface area contributed by atoms with Crippen LogP contribution in [0.15, 0.2) is 0 Å². The van der Waals surface area contributed by atoms with E-state index in [1.54, 1.807) is 20.8 Å². The molecule has 0 aromatic rings. The van der Waals surface area contributed by atoms with Gasteiger partial charge in [0.1, 0.15) is 0 Å². The maximum atomic E-state index is 11.9. The molecule has 1 fully saturated rings. The molecule has 0 spiro atoms. The summed E-state index contributed by atoms with van der Waals surface area (Å²) in [5, 5.41) is 0. The van der Waals surface area contributed by atoms with Crippen LogP contribution in [0.5, 0.6) is 0 Å². The van der Waals surface area contributed by atoms with Gasteiger partial charge in [0, 0.05) is 13.1 Å². The Morgan fingerprint density at radius 2 is 1.62 bits per heavy atom. The van der Waals surface area contributed by atoms with Gasteiger partial charge in [-0.3, -0.25) is 0 Å². The van der Waals surface area contributed by atoms with Crippen LogP contribution in [0, 0.1) is 0 Å². The lowest BCUT2D eigenvalue weighted by molar-refractivity contribution is 0.0721. The van der Waals surface area contributed by atoms with E-state index in [9.17, 15) is 8.42 Å². The van der Waals surface area contributed by atoms with E-state index in [-0.39, 0.29) is 0 Å².